The number of ether oxygens (including phenoxy) is 2. The first-order valence-electron chi connectivity index (χ1n) is 8.95. The van der Waals surface area contributed by atoms with E-state index in [0.29, 0.717) is 12.3 Å². The van der Waals surface area contributed by atoms with E-state index >= 15 is 0 Å². The van der Waals surface area contributed by atoms with Crippen molar-refractivity contribution >= 4 is 22.7 Å². The van der Waals surface area contributed by atoms with Gasteiger partial charge in [0.2, 0.25) is 0 Å². The summed E-state index contributed by atoms with van der Waals surface area (Å²) in [7, 11) is 3.26. The lowest BCUT2D eigenvalue weighted by atomic mass is 9.97. The van der Waals surface area contributed by atoms with Crippen molar-refractivity contribution in [2.24, 2.45) is 0 Å². The van der Waals surface area contributed by atoms with Crippen LogP contribution in [-0.4, -0.2) is 37.3 Å². The predicted octanol–water partition coefficient (Wildman–Crippen LogP) is 4.51. The molecule has 0 saturated carbocycles. The molecular weight excluding hydrogens is 378 g/mol. The molecule has 0 aliphatic carbocycles. The van der Waals surface area contributed by atoms with Gasteiger partial charge in [-0.1, -0.05) is 6.07 Å². The maximum Gasteiger partial charge on any atom is 0.124 e. The van der Waals surface area contributed by atoms with Crippen molar-refractivity contribution in [3.8, 4) is 11.5 Å². The van der Waals surface area contributed by atoms with Crippen LogP contribution in [0.25, 0.3) is 0 Å². The van der Waals surface area contributed by atoms with Gasteiger partial charge in [0.05, 0.1) is 26.4 Å². The maximum absolute atomic E-state index is 11.0. The summed E-state index contributed by atoms with van der Waals surface area (Å²) in [5.41, 5.74) is 2.14. The molecule has 0 unspecified atom stereocenters. The molecule has 0 saturated heterocycles. The Hall–Kier alpha value is -1.86. The normalized spacial score (nSPS) is 18.1. The van der Waals surface area contributed by atoms with Gasteiger partial charge < -0.3 is 14.6 Å². The molecule has 0 amide bonds. The molecule has 4 rings (SSSR count). The zero-order chi connectivity index (χ0) is 18.8. The standard InChI is InChI=1S/C21H23NO3S2/c1-24-14-5-6-18(25-2)16(12-14)17(23)13-22-9-7-19-15(8-11-27-19)21(22)20-4-3-10-26-20/h3-6,8,10-12,17,21,23H,7,9,13H2,1-2H3/t17-,21+/m1/s1. The van der Waals surface area contributed by atoms with Gasteiger partial charge in [-0.3, -0.25) is 4.90 Å². The topological polar surface area (TPSA) is 41.9 Å². The Morgan fingerprint density at radius 1 is 1.15 bits per heavy atom. The van der Waals surface area contributed by atoms with Crippen LogP contribution in [0.4, 0.5) is 0 Å². The van der Waals surface area contributed by atoms with Crippen LogP contribution in [0.1, 0.15) is 33.0 Å². The van der Waals surface area contributed by atoms with Crippen LogP contribution in [-0.2, 0) is 6.42 Å². The van der Waals surface area contributed by atoms with E-state index in [0.717, 1.165) is 24.3 Å². The third-order valence-electron chi connectivity index (χ3n) is 5.08. The highest BCUT2D eigenvalue weighted by Gasteiger charge is 2.32. The van der Waals surface area contributed by atoms with E-state index in [1.54, 1.807) is 25.6 Å². The number of aliphatic hydroxyl groups is 1. The lowest BCUT2D eigenvalue weighted by Gasteiger charge is -2.36. The second-order valence-electron chi connectivity index (χ2n) is 6.59. The summed E-state index contributed by atoms with van der Waals surface area (Å²) in [5.74, 6) is 1.41. The summed E-state index contributed by atoms with van der Waals surface area (Å²) in [4.78, 5) is 5.15. The number of rotatable bonds is 6. The van der Waals surface area contributed by atoms with Crippen molar-refractivity contribution in [3.63, 3.8) is 0 Å². The first-order chi connectivity index (χ1) is 13.2. The lowest BCUT2D eigenvalue weighted by Crippen LogP contribution is -2.38. The quantitative estimate of drug-likeness (QED) is 0.660. The van der Waals surface area contributed by atoms with Gasteiger partial charge in [-0.05, 0) is 53.1 Å². The maximum atomic E-state index is 11.0. The molecule has 27 heavy (non-hydrogen) atoms. The second-order valence-corrected chi connectivity index (χ2v) is 8.57. The van der Waals surface area contributed by atoms with E-state index in [4.69, 9.17) is 9.47 Å². The Labute approximate surface area is 167 Å². The van der Waals surface area contributed by atoms with Crippen LogP contribution < -0.4 is 9.47 Å². The van der Waals surface area contributed by atoms with Gasteiger partial charge in [-0.25, -0.2) is 0 Å². The van der Waals surface area contributed by atoms with Crippen LogP contribution >= 0.6 is 22.7 Å². The number of hydrogen-bond donors (Lipinski definition) is 1. The molecule has 0 fully saturated rings. The van der Waals surface area contributed by atoms with Crippen LogP contribution in [0.15, 0.2) is 47.2 Å². The summed E-state index contributed by atoms with van der Waals surface area (Å²) < 4.78 is 10.8. The van der Waals surface area contributed by atoms with E-state index in [2.05, 4.69) is 33.9 Å². The van der Waals surface area contributed by atoms with Crippen molar-refractivity contribution in [3.05, 3.63) is 68.0 Å². The fraction of sp³-hybridized carbons (Fsp3) is 0.333. The summed E-state index contributed by atoms with van der Waals surface area (Å²) in [5, 5.41) is 15.3. The molecule has 1 aliphatic rings. The minimum Gasteiger partial charge on any atom is -0.497 e. The van der Waals surface area contributed by atoms with Gasteiger partial charge in [-0.2, -0.15) is 0 Å². The molecule has 1 aliphatic heterocycles. The molecule has 0 spiro atoms. The van der Waals surface area contributed by atoms with Crippen LogP contribution in [0.3, 0.4) is 0 Å². The largest absolute Gasteiger partial charge is 0.497 e. The highest BCUT2D eigenvalue weighted by molar-refractivity contribution is 7.10. The summed E-state index contributed by atoms with van der Waals surface area (Å²) >= 11 is 3.61. The van der Waals surface area contributed by atoms with Gasteiger partial charge >= 0.3 is 0 Å². The van der Waals surface area contributed by atoms with E-state index in [1.165, 1.54) is 15.3 Å². The number of fused-ring (bicyclic) bond motifs is 1. The summed E-state index contributed by atoms with van der Waals surface area (Å²) in [6.45, 7) is 1.47. The smallest absolute Gasteiger partial charge is 0.124 e. The zero-order valence-corrected chi connectivity index (χ0v) is 17.1. The number of benzene rings is 1. The number of methoxy groups -OCH3 is 2. The number of hydrogen-bond acceptors (Lipinski definition) is 6. The van der Waals surface area contributed by atoms with Gasteiger partial charge in [0.15, 0.2) is 0 Å². The fourth-order valence-corrected chi connectivity index (χ4v) is 5.55. The molecule has 2 aromatic heterocycles. The van der Waals surface area contributed by atoms with Crippen LogP contribution in [0.2, 0.25) is 0 Å². The highest BCUT2D eigenvalue weighted by atomic mass is 32.1. The number of thiophene rings is 2. The molecule has 3 aromatic rings. The number of aliphatic hydroxyl groups excluding tert-OH is 1. The van der Waals surface area contributed by atoms with Gasteiger partial charge in [0.1, 0.15) is 11.5 Å². The monoisotopic (exact) mass is 401 g/mol. The third kappa shape index (κ3) is 3.62. The minimum atomic E-state index is -0.655. The van der Waals surface area contributed by atoms with Gasteiger partial charge in [0, 0.05) is 28.4 Å². The van der Waals surface area contributed by atoms with Crippen molar-refractivity contribution < 1.29 is 14.6 Å². The minimum absolute atomic E-state index is 0.200. The van der Waals surface area contributed by atoms with Crippen molar-refractivity contribution in [1.29, 1.82) is 0 Å². The molecule has 4 nitrogen and oxygen atoms in total. The lowest BCUT2D eigenvalue weighted by molar-refractivity contribution is 0.0915. The van der Waals surface area contributed by atoms with Crippen molar-refractivity contribution in [2.45, 2.75) is 18.6 Å². The fourth-order valence-electron chi connectivity index (χ4n) is 3.77. The highest BCUT2D eigenvalue weighted by Crippen LogP contribution is 2.41. The summed E-state index contributed by atoms with van der Waals surface area (Å²) in [6.07, 6.45) is 0.370. The molecule has 6 heteroatoms. The van der Waals surface area contributed by atoms with Gasteiger partial charge in [-0.15, -0.1) is 22.7 Å². The third-order valence-corrected chi connectivity index (χ3v) is 7.00. The predicted molar refractivity (Wildman–Crippen MR) is 110 cm³/mol. The number of β-amino-alcohol motifs (C(OH)–C–C–N with tert-alkyl or cyclic N) is 1. The van der Waals surface area contributed by atoms with E-state index < -0.39 is 6.10 Å². The Morgan fingerprint density at radius 3 is 2.78 bits per heavy atom. The molecule has 0 radical (unpaired) electrons. The van der Waals surface area contributed by atoms with Crippen molar-refractivity contribution in [1.82, 2.24) is 4.90 Å². The van der Waals surface area contributed by atoms with E-state index in [1.807, 2.05) is 29.5 Å². The van der Waals surface area contributed by atoms with E-state index in [9.17, 15) is 5.11 Å². The molecule has 1 N–H and O–H groups in total. The summed E-state index contributed by atoms with van der Waals surface area (Å²) in [6, 6.07) is 12.3. The average Bonchev–Trinajstić information content (AvgIpc) is 3.39. The molecule has 0 bridgehead atoms. The zero-order valence-electron chi connectivity index (χ0n) is 15.4. The van der Waals surface area contributed by atoms with Gasteiger partial charge in [0.25, 0.3) is 0 Å². The van der Waals surface area contributed by atoms with Crippen LogP contribution in [0.5, 0.6) is 11.5 Å². The molecular formula is C21H23NO3S2. The Morgan fingerprint density at radius 2 is 2.04 bits per heavy atom. The number of nitrogens with zero attached hydrogens (tertiary/aromatic N) is 1. The second kappa shape index (κ2) is 8.02. The van der Waals surface area contributed by atoms with Crippen LogP contribution in [0, 0.1) is 0 Å². The molecule has 2 atom stereocenters. The van der Waals surface area contributed by atoms with E-state index in [-0.39, 0.29) is 6.04 Å². The SMILES string of the molecule is COc1ccc(OC)c([C@H](O)CN2CCc3sccc3[C@H]2c2cccs2)c1. The Balaban J connectivity index is 1.63. The van der Waals surface area contributed by atoms with Crippen molar-refractivity contribution in [2.75, 3.05) is 27.3 Å². The molecule has 1 aromatic carbocycles. The molecule has 3 heterocycles. The average molecular weight is 402 g/mol. The first-order valence-corrected chi connectivity index (χ1v) is 10.7. The Bertz CT molecular complexity index is 891. The molecule has 142 valence electrons. The Kier molecular flexibility index (Phi) is 5.50. The first kappa shape index (κ1) is 18.5.